The number of carbonyl (C=O) groups excluding carboxylic acids is 1. The minimum absolute atomic E-state index is 0.00989. The van der Waals surface area contributed by atoms with Crippen LogP contribution in [-0.4, -0.2) is 40.1 Å². The molecule has 1 aliphatic rings. The maximum absolute atomic E-state index is 12.2. The van der Waals surface area contributed by atoms with Gasteiger partial charge in [-0.1, -0.05) is 19.0 Å². The normalized spacial score (nSPS) is 16.2. The fourth-order valence-electron chi connectivity index (χ4n) is 2.54. The summed E-state index contributed by atoms with van der Waals surface area (Å²) in [6.07, 6.45) is 4.70. The summed E-state index contributed by atoms with van der Waals surface area (Å²) in [7, 11) is 0. The maximum atomic E-state index is 12.2. The number of hydrogen-bond acceptors (Lipinski definition) is 6. The molecule has 0 aliphatic carbocycles. The Hall–Kier alpha value is -2.15. The van der Waals surface area contributed by atoms with Gasteiger partial charge in [-0.2, -0.15) is 4.98 Å². The lowest BCUT2D eigenvalue weighted by molar-refractivity contribution is -0.00979. The van der Waals surface area contributed by atoms with Crippen LogP contribution in [0.2, 0.25) is 0 Å². The van der Waals surface area contributed by atoms with Gasteiger partial charge in [0.25, 0.3) is 11.8 Å². The number of piperidine rings is 1. The molecule has 0 N–H and O–H groups in total. The molecule has 7 nitrogen and oxygen atoms in total. The van der Waals surface area contributed by atoms with Gasteiger partial charge in [-0.3, -0.25) is 4.79 Å². The van der Waals surface area contributed by atoms with Gasteiger partial charge in [0.1, 0.15) is 12.9 Å². The fourth-order valence-corrected chi connectivity index (χ4v) is 2.54. The van der Waals surface area contributed by atoms with Crippen LogP contribution in [-0.2, 0) is 11.3 Å². The first-order valence-electron chi connectivity index (χ1n) is 7.89. The Balaban J connectivity index is 1.45. The number of amides is 1. The molecule has 23 heavy (non-hydrogen) atoms. The van der Waals surface area contributed by atoms with E-state index in [1.807, 2.05) is 18.7 Å². The molecule has 2 aromatic rings. The highest BCUT2D eigenvalue weighted by atomic mass is 16.5. The molecule has 2 aromatic heterocycles. The van der Waals surface area contributed by atoms with E-state index in [4.69, 9.17) is 13.7 Å². The number of nitrogens with zero attached hydrogens (tertiary/aromatic N) is 3. The molecule has 1 aliphatic heterocycles. The van der Waals surface area contributed by atoms with Gasteiger partial charge in [-0.15, -0.1) is 0 Å². The van der Waals surface area contributed by atoms with Gasteiger partial charge < -0.3 is 18.6 Å². The highest BCUT2D eigenvalue weighted by molar-refractivity contribution is 5.93. The van der Waals surface area contributed by atoms with Crippen molar-refractivity contribution in [2.24, 2.45) is 0 Å². The minimum atomic E-state index is 0.00989. The number of likely N-dealkylation sites (tertiary alicyclic amines) is 1. The molecule has 3 heterocycles. The number of ether oxygens (including phenoxy) is 1. The average molecular weight is 319 g/mol. The first-order valence-corrected chi connectivity index (χ1v) is 7.89. The number of aromatic nitrogens is 2. The minimum Gasteiger partial charge on any atom is -0.472 e. The van der Waals surface area contributed by atoms with E-state index in [2.05, 4.69) is 10.1 Å². The monoisotopic (exact) mass is 319 g/mol. The van der Waals surface area contributed by atoms with Crippen molar-refractivity contribution in [1.82, 2.24) is 15.0 Å². The molecule has 3 rings (SSSR count). The van der Waals surface area contributed by atoms with Gasteiger partial charge >= 0.3 is 0 Å². The molecule has 0 atom stereocenters. The van der Waals surface area contributed by atoms with Crippen LogP contribution < -0.4 is 0 Å². The van der Waals surface area contributed by atoms with Crippen molar-refractivity contribution in [3.63, 3.8) is 0 Å². The standard InChI is InChI=1S/C16H21N3O4/c1-11(2)15-17-14(23-18-15)10-22-13-3-6-19(7-4-13)16(20)12-5-8-21-9-12/h5,8-9,11,13H,3-4,6-7,10H2,1-2H3. The van der Waals surface area contributed by atoms with Crippen molar-refractivity contribution in [3.8, 4) is 0 Å². The second-order valence-corrected chi connectivity index (χ2v) is 6.02. The van der Waals surface area contributed by atoms with Gasteiger partial charge in [-0.25, -0.2) is 0 Å². The molecule has 0 spiro atoms. The summed E-state index contributed by atoms with van der Waals surface area (Å²) in [5.41, 5.74) is 0.594. The smallest absolute Gasteiger partial charge is 0.257 e. The zero-order chi connectivity index (χ0) is 16.2. The van der Waals surface area contributed by atoms with E-state index in [9.17, 15) is 4.79 Å². The summed E-state index contributed by atoms with van der Waals surface area (Å²) in [5.74, 6) is 1.45. The Kier molecular flexibility index (Phi) is 4.76. The van der Waals surface area contributed by atoms with Gasteiger partial charge in [0.15, 0.2) is 5.82 Å². The van der Waals surface area contributed by atoms with Crippen molar-refractivity contribution < 1.29 is 18.5 Å². The molecule has 124 valence electrons. The number of carbonyl (C=O) groups is 1. The fraction of sp³-hybridized carbons (Fsp3) is 0.562. The van der Waals surface area contributed by atoms with E-state index in [-0.39, 0.29) is 17.9 Å². The summed E-state index contributed by atoms with van der Waals surface area (Å²) in [5, 5.41) is 3.92. The first-order chi connectivity index (χ1) is 11.1. The molecule has 1 saturated heterocycles. The van der Waals surface area contributed by atoms with E-state index >= 15 is 0 Å². The Morgan fingerprint density at radius 1 is 1.43 bits per heavy atom. The lowest BCUT2D eigenvalue weighted by Crippen LogP contribution is -2.40. The molecule has 0 radical (unpaired) electrons. The van der Waals surface area contributed by atoms with E-state index in [0.717, 1.165) is 12.8 Å². The van der Waals surface area contributed by atoms with E-state index < -0.39 is 0 Å². The third kappa shape index (κ3) is 3.79. The lowest BCUT2D eigenvalue weighted by atomic mass is 10.1. The van der Waals surface area contributed by atoms with Gasteiger partial charge in [0.05, 0.1) is 17.9 Å². The van der Waals surface area contributed by atoms with Crippen LogP contribution in [0.3, 0.4) is 0 Å². The first kappa shape index (κ1) is 15.7. The van der Waals surface area contributed by atoms with Crippen LogP contribution >= 0.6 is 0 Å². The average Bonchev–Trinajstić information content (AvgIpc) is 3.24. The topological polar surface area (TPSA) is 81.6 Å². The van der Waals surface area contributed by atoms with Crippen LogP contribution in [0.4, 0.5) is 0 Å². The molecular weight excluding hydrogens is 298 g/mol. The molecule has 1 amide bonds. The highest BCUT2D eigenvalue weighted by Gasteiger charge is 2.25. The third-order valence-corrected chi connectivity index (χ3v) is 3.94. The second-order valence-electron chi connectivity index (χ2n) is 6.02. The van der Waals surface area contributed by atoms with Crippen molar-refractivity contribution in [3.05, 3.63) is 35.9 Å². The number of rotatable bonds is 5. The number of hydrogen-bond donors (Lipinski definition) is 0. The summed E-state index contributed by atoms with van der Waals surface area (Å²) in [4.78, 5) is 18.3. The summed E-state index contributed by atoms with van der Waals surface area (Å²) < 4.78 is 16.0. The molecule has 0 unspecified atom stereocenters. The number of furan rings is 1. The van der Waals surface area contributed by atoms with Crippen LogP contribution in [0.1, 0.15) is 54.7 Å². The van der Waals surface area contributed by atoms with Crippen LogP contribution in [0.5, 0.6) is 0 Å². The molecule has 0 saturated carbocycles. The molecule has 0 bridgehead atoms. The van der Waals surface area contributed by atoms with E-state index in [1.165, 1.54) is 12.5 Å². The van der Waals surface area contributed by atoms with Gasteiger partial charge in [0.2, 0.25) is 0 Å². The van der Waals surface area contributed by atoms with Crippen molar-refractivity contribution >= 4 is 5.91 Å². The van der Waals surface area contributed by atoms with E-state index in [0.29, 0.717) is 37.0 Å². The Labute approximate surface area is 134 Å². The quantitative estimate of drug-likeness (QED) is 0.842. The van der Waals surface area contributed by atoms with Crippen LogP contribution in [0.15, 0.2) is 27.5 Å². The predicted molar refractivity (Wildman–Crippen MR) is 80.8 cm³/mol. The Morgan fingerprint density at radius 3 is 2.83 bits per heavy atom. The largest absolute Gasteiger partial charge is 0.472 e. The predicted octanol–water partition coefficient (Wildman–Crippen LogP) is 2.61. The lowest BCUT2D eigenvalue weighted by Gasteiger charge is -2.31. The molecular formula is C16H21N3O4. The summed E-state index contributed by atoms with van der Waals surface area (Å²) in [6, 6.07) is 1.69. The van der Waals surface area contributed by atoms with Crippen LogP contribution in [0, 0.1) is 0 Å². The Morgan fingerprint density at radius 2 is 2.22 bits per heavy atom. The zero-order valence-electron chi connectivity index (χ0n) is 13.4. The van der Waals surface area contributed by atoms with Crippen molar-refractivity contribution in [2.75, 3.05) is 13.1 Å². The summed E-state index contributed by atoms with van der Waals surface area (Å²) in [6.45, 7) is 5.70. The van der Waals surface area contributed by atoms with Gasteiger partial charge in [-0.05, 0) is 18.9 Å². The summed E-state index contributed by atoms with van der Waals surface area (Å²) >= 11 is 0. The van der Waals surface area contributed by atoms with E-state index in [1.54, 1.807) is 6.07 Å². The zero-order valence-corrected chi connectivity index (χ0v) is 13.4. The Bertz CT molecular complexity index is 628. The third-order valence-electron chi connectivity index (χ3n) is 3.94. The SMILES string of the molecule is CC(C)c1noc(COC2CCN(C(=O)c3ccoc3)CC2)n1. The molecule has 1 fully saturated rings. The van der Waals surface area contributed by atoms with Crippen molar-refractivity contribution in [1.29, 1.82) is 0 Å². The van der Waals surface area contributed by atoms with Gasteiger partial charge in [0, 0.05) is 19.0 Å². The van der Waals surface area contributed by atoms with Crippen molar-refractivity contribution in [2.45, 2.75) is 45.3 Å². The second kappa shape index (κ2) is 6.95. The highest BCUT2D eigenvalue weighted by Crippen LogP contribution is 2.18. The molecule has 0 aromatic carbocycles. The molecule has 7 heteroatoms. The maximum Gasteiger partial charge on any atom is 0.257 e. The van der Waals surface area contributed by atoms with Crippen LogP contribution in [0.25, 0.3) is 0 Å².